The highest BCUT2D eigenvalue weighted by atomic mass is 14.3. The van der Waals surface area contributed by atoms with Gasteiger partial charge < -0.3 is 0 Å². The second-order valence-corrected chi connectivity index (χ2v) is 4.64. The van der Waals surface area contributed by atoms with Gasteiger partial charge in [-0.3, -0.25) is 0 Å². The molecule has 86 valence electrons. The maximum Gasteiger partial charge on any atom is 0.0377 e. The van der Waals surface area contributed by atoms with Gasteiger partial charge in [0.05, 0.1) is 0 Å². The molecule has 0 N–H and O–H groups in total. The number of allylic oxidation sites excluding steroid dienone is 1. The van der Waals surface area contributed by atoms with Crippen LogP contribution >= 0.6 is 0 Å². The third kappa shape index (κ3) is 2.03. The minimum absolute atomic E-state index is 0.109. The number of benzene rings is 2. The van der Waals surface area contributed by atoms with Gasteiger partial charge in [0, 0.05) is 5.41 Å². The van der Waals surface area contributed by atoms with Gasteiger partial charge in [0.25, 0.3) is 0 Å². The average Bonchev–Trinajstić information content (AvgIpc) is 2.39. The van der Waals surface area contributed by atoms with E-state index in [1.807, 2.05) is 12.1 Å². The van der Waals surface area contributed by atoms with Crippen molar-refractivity contribution >= 4 is 0 Å². The SMILES string of the molecule is C=C(C)C(C)(c1ccccc1)c1ccccc1. The first-order valence-electron chi connectivity index (χ1n) is 5.92. The molecule has 0 amide bonds. The molecule has 0 unspecified atom stereocenters. The highest BCUT2D eigenvalue weighted by molar-refractivity contribution is 5.46. The Labute approximate surface area is 104 Å². The van der Waals surface area contributed by atoms with Crippen molar-refractivity contribution in [3.63, 3.8) is 0 Å². The molecular formula is C17H18. The van der Waals surface area contributed by atoms with Crippen LogP contribution in [0.1, 0.15) is 25.0 Å². The summed E-state index contributed by atoms with van der Waals surface area (Å²) in [4.78, 5) is 0. The summed E-state index contributed by atoms with van der Waals surface area (Å²) in [5.41, 5.74) is 3.63. The van der Waals surface area contributed by atoms with E-state index >= 15 is 0 Å². The van der Waals surface area contributed by atoms with Gasteiger partial charge in [0.15, 0.2) is 0 Å². The fraction of sp³-hybridized carbons (Fsp3) is 0.176. The van der Waals surface area contributed by atoms with Crippen molar-refractivity contribution in [1.29, 1.82) is 0 Å². The van der Waals surface area contributed by atoms with Crippen LogP contribution in [0.5, 0.6) is 0 Å². The molecule has 2 aromatic carbocycles. The normalized spacial score (nSPS) is 11.2. The van der Waals surface area contributed by atoms with Gasteiger partial charge in [0.2, 0.25) is 0 Å². The molecule has 0 radical (unpaired) electrons. The van der Waals surface area contributed by atoms with E-state index in [1.165, 1.54) is 11.1 Å². The highest BCUT2D eigenvalue weighted by Gasteiger charge is 2.29. The largest absolute Gasteiger partial charge is 0.0989 e. The molecule has 0 heteroatoms. The molecule has 0 aliphatic rings. The molecule has 17 heavy (non-hydrogen) atoms. The summed E-state index contributed by atoms with van der Waals surface area (Å²) in [6.07, 6.45) is 0. The van der Waals surface area contributed by atoms with Crippen molar-refractivity contribution in [1.82, 2.24) is 0 Å². The third-order valence-corrected chi connectivity index (χ3v) is 3.56. The van der Waals surface area contributed by atoms with Crippen molar-refractivity contribution in [2.75, 3.05) is 0 Å². The van der Waals surface area contributed by atoms with Gasteiger partial charge in [-0.05, 0) is 25.0 Å². The average molecular weight is 222 g/mol. The third-order valence-electron chi connectivity index (χ3n) is 3.56. The Kier molecular flexibility index (Phi) is 3.14. The fourth-order valence-electron chi connectivity index (χ4n) is 2.20. The molecule has 0 atom stereocenters. The summed E-state index contributed by atoms with van der Waals surface area (Å²) in [5.74, 6) is 0. The van der Waals surface area contributed by atoms with Crippen LogP contribution in [-0.4, -0.2) is 0 Å². The van der Waals surface area contributed by atoms with E-state index in [0.29, 0.717) is 0 Å². The Hall–Kier alpha value is -1.82. The summed E-state index contributed by atoms with van der Waals surface area (Å²) < 4.78 is 0. The molecule has 0 heterocycles. The molecule has 0 bridgehead atoms. The van der Waals surface area contributed by atoms with E-state index in [4.69, 9.17) is 0 Å². The Morgan fingerprint density at radius 1 is 0.824 bits per heavy atom. The molecule has 0 fully saturated rings. The molecule has 0 saturated heterocycles. The van der Waals surface area contributed by atoms with Gasteiger partial charge >= 0.3 is 0 Å². The minimum Gasteiger partial charge on any atom is -0.0989 e. The van der Waals surface area contributed by atoms with Gasteiger partial charge in [-0.15, -0.1) is 0 Å². The summed E-state index contributed by atoms with van der Waals surface area (Å²) in [6.45, 7) is 8.51. The summed E-state index contributed by atoms with van der Waals surface area (Å²) in [5, 5.41) is 0. The second kappa shape index (κ2) is 4.58. The van der Waals surface area contributed by atoms with Crippen LogP contribution in [0.3, 0.4) is 0 Å². The van der Waals surface area contributed by atoms with Crippen LogP contribution in [0.4, 0.5) is 0 Å². The van der Waals surface area contributed by atoms with Crippen molar-refractivity contribution < 1.29 is 0 Å². The molecule has 0 spiro atoms. The van der Waals surface area contributed by atoms with E-state index in [9.17, 15) is 0 Å². The Morgan fingerprint density at radius 3 is 1.47 bits per heavy atom. The van der Waals surface area contributed by atoms with Crippen molar-refractivity contribution in [3.8, 4) is 0 Å². The van der Waals surface area contributed by atoms with Gasteiger partial charge in [-0.1, -0.05) is 72.8 Å². The lowest BCUT2D eigenvalue weighted by molar-refractivity contribution is 0.676. The number of hydrogen-bond donors (Lipinski definition) is 0. The standard InChI is InChI=1S/C17H18/c1-14(2)17(3,15-10-6-4-7-11-15)16-12-8-5-9-13-16/h4-13H,1H2,2-3H3. The van der Waals surface area contributed by atoms with Gasteiger partial charge in [-0.25, -0.2) is 0 Å². The van der Waals surface area contributed by atoms with E-state index < -0.39 is 0 Å². The molecule has 2 aromatic rings. The zero-order chi connectivity index (χ0) is 12.3. The van der Waals surface area contributed by atoms with Crippen molar-refractivity contribution in [2.45, 2.75) is 19.3 Å². The second-order valence-electron chi connectivity index (χ2n) is 4.64. The number of hydrogen-bond acceptors (Lipinski definition) is 0. The number of rotatable bonds is 3. The van der Waals surface area contributed by atoms with Crippen LogP contribution in [0, 0.1) is 0 Å². The first-order valence-corrected chi connectivity index (χ1v) is 5.92. The van der Waals surface area contributed by atoms with E-state index in [0.717, 1.165) is 5.57 Å². The lowest BCUT2D eigenvalue weighted by Gasteiger charge is -2.31. The minimum atomic E-state index is -0.109. The molecule has 0 aliphatic heterocycles. The predicted molar refractivity (Wildman–Crippen MR) is 74.2 cm³/mol. The Bertz CT molecular complexity index is 455. The molecule has 0 saturated carbocycles. The quantitative estimate of drug-likeness (QED) is 0.667. The lowest BCUT2D eigenvalue weighted by atomic mass is 9.72. The van der Waals surface area contributed by atoms with Crippen LogP contribution in [0.15, 0.2) is 72.8 Å². The fourth-order valence-corrected chi connectivity index (χ4v) is 2.20. The van der Waals surface area contributed by atoms with Gasteiger partial charge in [0.1, 0.15) is 0 Å². The monoisotopic (exact) mass is 222 g/mol. The Balaban J connectivity index is 2.59. The van der Waals surface area contributed by atoms with Crippen LogP contribution in [0.25, 0.3) is 0 Å². The summed E-state index contributed by atoms with van der Waals surface area (Å²) >= 11 is 0. The zero-order valence-corrected chi connectivity index (χ0v) is 10.5. The molecular weight excluding hydrogens is 204 g/mol. The molecule has 0 aromatic heterocycles. The zero-order valence-electron chi connectivity index (χ0n) is 10.5. The Morgan fingerprint density at radius 2 is 1.18 bits per heavy atom. The smallest absolute Gasteiger partial charge is 0.0377 e. The van der Waals surface area contributed by atoms with Crippen molar-refractivity contribution in [2.24, 2.45) is 0 Å². The first-order chi connectivity index (χ1) is 8.15. The van der Waals surface area contributed by atoms with Crippen LogP contribution in [0.2, 0.25) is 0 Å². The summed E-state index contributed by atoms with van der Waals surface area (Å²) in [7, 11) is 0. The van der Waals surface area contributed by atoms with E-state index in [-0.39, 0.29) is 5.41 Å². The highest BCUT2D eigenvalue weighted by Crippen LogP contribution is 2.37. The maximum absolute atomic E-state index is 4.18. The van der Waals surface area contributed by atoms with E-state index in [2.05, 4.69) is 69.0 Å². The maximum atomic E-state index is 4.18. The lowest BCUT2D eigenvalue weighted by Crippen LogP contribution is -2.24. The molecule has 0 nitrogen and oxygen atoms in total. The first kappa shape index (κ1) is 11.7. The van der Waals surface area contributed by atoms with Crippen molar-refractivity contribution in [3.05, 3.63) is 83.9 Å². The predicted octanol–water partition coefficient (Wildman–Crippen LogP) is 4.57. The van der Waals surface area contributed by atoms with E-state index in [1.54, 1.807) is 0 Å². The van der Waals surface area contributed by atoms with Crippen LogP contribution < -0.4 is 0 Å². The summed E-state index contributed by atoms with van der Waals surface area (Å²) in [6, 6.07) is 21.1. The molecule has 0 aliphatic carbocycles. The van der Waals surface area contributed by atoms with Crippen LogP contribution in [-0.2, 0) is 5.41 Å². The topological polar surface area (TPSA) is 0 Å². The van der Waals surface area contributed by atoms with Gasteiger partial charge in [-0.2, -0.15) is 0 Å². The molecule has 2 rings (SSSR count).